The van der Waals surface area contributed by atoms with E-state index in [1.54, 1.807) is 31.4 Å². The molecule has 3 fully saturated rings. The van der Waals surface area contributed by atoms with Gasteiger partial charge >= 0.3 is 0 Å². The van der Waals surface area contributed by atoms with Gasteiger partial charge in [-0.25, -0.2) is 4.98 Å². The molecule has 2 amide bonds. The van der Waals surface area contributed by atoms with Crippen molar-refractivity contribution in [2.45, 2.75) is 63.8 Å². The largest absolute Gasteiger partial charge is 0.351 e. The summed E-state index contributed by atoms with van der Waals surface area (Å²) in [6.07, 6.45) is 14.2. The van der Waals surface area contributed by atoms with Crippen LogP contribution in [0.2, 0.25) is 0 Å². The highest BCUT2D eigenvalue weighted by molar-refractivity contribution is 6.02. The predicted octanol–water partition coefficient (Wildman–Crippen LogP) is 3.55. The Bertz CT molecular complexity index is 1190. The molecule has 1 spiro atoms. The average Bonchev–Trinajstić information content (AvgIpc) is 3.50. The third kappa shape index (κ3) is 5.82. The Kier molecular flexibility index (Phi) is 8.63. The van der Waals surface area contributed by atoms with Gasteiger partial charge in [-0.3, -0.25) is 19.6 Å². The zero-order chi connectivity index (χ0) is 28.1. The molecular formula is C30H42N8O2. The Balaban J connectivity index is 1.30. The lowest BCUT2D eigenvalue weighted by atomic mass is 9.72. The van der Waals surface area contributed by atoms with Crippen LogP contribution in [0.3, 0.4) is 0 Å². The minimum atomic E-state index is -0.225. The van der Waals surface area contributed by atoms with Crippen molar-refractivity contribution in [1.29, 1.82) is 0 Å². The fraction of sp³-hybridized carbons (Fsp3) is 0.567. The molecule has 1 aromatic rings. The number of nitrogens with one attached hydrogen (secondary N) is 2. The Hall–Kier alpha value is -3.53. The van der Waals surface area contributed by atoms with Crippen LogP contribution in [0, 0.1) is 5.41 Å². The first-order valence-electron chi connectivity index (χ1n) is 14.6. The third-order valence-electron chi connectivity index (χ3n) is 8.67. The number of allylic oxidation sites excluding steroid dienone is 1. The summed E-state index contributed by atoms with van der Waals surface area (Å²) in [6, 6.07) is 4.14. The lowest BCUT2D eigenvalue weighted by Gasteiger charge is -2.44. The summed E-state index contributed by atoms with van der Waals surface area (Å²) < 4.78 is 0. The van der Waals surface area contributed by atoms with Crippen LogP contribution in [0.4, 0.5) is 11.5 Å². The number of hydrogen-bond donors (Lipinski definition) is 2. The molecule has 0 aromatic carbocycles. The lowest BCUT2D eigenvalue weighted by Crippen LogP contribution is -2.53. The van der Waals surface area contributed by atoms with E-state index < -0.39 is 0 Å². The fourth-order valence-electron chi connectivity index (χ4n) is 6.55. The fourth-order valence-corrected chi connectivity index (χ4v) is 6.55. The molecule has 0 radical (unpaired) electrons. The summed E-state index contributed by atoms with van der Waals surface area (Å²) in [5, 5.41) is 6.69. The molecule has 0 atom stereocenters. The average molecular weight is 547 g/mol. The van der Waals surface area contributed by atoms with Crippen LogP contribution in [0.15, 0.2) is 51.9 Å². The van der Waals surface area contributed by atoms with Gasteiger partial charge in [0.25, 0.3) is 5.91 Å². The zero-order valence-electron chi connectivity index (χ0n) is 23.9. The molecule has 214 valence electrons. The van der Waals surface area contributed by atoms with Crippen molar-refractivity contribution >= 4 is 35.9 Å². The summed E-state index contributed by atoms with van der Waals surface area (Å²) >= 11 is 0. The SMILES string of the molecule is C=N/C=C1/C=C(C(=O)N(C)C)N(C2CCCC2)/C(=N/CNc2ccc(N3CCCC4(CCNCC4)C3=O)cn2)C1. The molecule has 1 aliphatic carbocycles. The maximum atomic E-state index is 13.4. The number of likely N-dealkylation sites (N-methyl/N-ethyl adjacent to an activating group) is 1. The summed E-state index contributed by atoms with van der Waals surface area (Å²) in [5.74, 6) is 1.75. The van der Waals surface area contributed by atoms with Gasteiger partial charge in [0.2, 0.25) is 5.91 Å². The molecule has 4 aliphatic rings. The minimum absolute atomic E-state index is 0.0435. The van der Waals surface area contributed by atoms with Gasteiger partial charge in [0.05, 0.1) is 17.3 Å². The van der Waals surface area contributed by atoms with Crippen molar-refractivity contribution < 1.29 is 9.59 Å². The van der Waals surface area contributed by atoms with E-state index in [1.165, 1.54) is 0 Å². The second-order valence-electron chi connectivity index (χ2n) is 11.5. The van der Waals surface area contributed by atoms with Crippen LogP contribution < -0.4 is 15.5 Å². The van der Waals surface area contributed by atoms with Gasteiger partial charge in [-0.05, 0) is 82.1 Å². The van der Waals surface area contributed by atoms with Crippen molar-refractivity contribution in [3.8, 4) is 0 Å². The Morgan fingerprint density at radius 1 is 1.23 bits per heavy atom. The number of hydrogen-bond acceptors (Lipinski definition) is 7. The third-order valence-corrected chi connectivity index (χ3v) is 8.67. The van der Waals surface area contributed by atoms with E-state index in [0.717, 1.165) is 88.1 Å². The number of pyridine rings is 1. The Morgan fingerprint density at radius 2 is 2.00 bits per heavy atom. The Labute approximate surface area is 237 Å². The second kappa shape index (κ2) is 12.3. The quantitative estimate of drug-likeness (QED) is 0.507. The first-order chi connectivity index (χ1) is 19.4. The molecule has 5 rings (SSSR count). The van der Waals surface area contributed by atoms with E-state index in [4.69, 9.17) is 4.99 Å². The van der Waals surface area contributed by atoms with Crippen LogP contribution in [0.1, 0.15) is 57.8 Å². The highest BCUT2D eigenvalue weighted by Gasteiger charge is 2.44. The number of carbonyl (C=O) groups is 2. The van der Waals surface area contributed by atoms with Gasteiger partial charge in [-0.1, -0.05) is 12.8 Å². The Morgan fingerprint density at radius 3 is 2.67 bits per heavy atom. The normalized spacial score (nSPS) is 23.6. The van der Waals surface area contributed by atoms with Crippen molar-refractivity contribution in [3.05, 3.63) is 41.9 Å². The minimum Gasteiger partial charge on any atom is -0.351 e. The first-order valence-corrected chi connectivity index (χ1v) is 14.6. The van der Waals surface area contributed by atoms with Gasteiger partial charge in [-0.15, -0.1) is 0 Å². The van der Waals surface area contributed by atoms with E-state index in [0.29, 0.717) is 24.6 Å². The van der Waals surface area contributed by atoms with Crippen molar-refractivity contribution in [3.63, 3.8) is 0 Å². The summed E-state index contributed by atoms with van der Waals surface area (Å²) in [4.78, 5) is 45.8. The second-order valence-corrected chi connectivity index (χ2v) is 11.5. The van der Waals surface area contributed by atoms with Gasteiger partial charge < -0.3 is 25.3 Å². The number of aromatic nitrogens is 1. The molecular weight excluding hydrogens is 504 g/mol. The van der Waals surface area contributed by atoms with E-state index in [-0.39, 0.29) is 23.3 Å². The summed E-state index contributed by atoms with van der Waals surface area (Å²) in [6.45, 7) is 6.47. The zero-order valence-corrected chi connectivity index (χ0v) is 23.9. The van der Waals surface area contributed by atoms with Crippen LogP contribution in [-0.2, 0) is 9.59 Å². The van der Waals surface area contributed by atoms with E-state index >= 15 is 0 Å². The highest BCUT2D eigenvalue weighted by atomic mass is 16.2. The smallest absolute Gasteiger partial charge is 0.270 e. The number of piperidine rings is 2. The molecule has 40 heavy (non-hydrogen) atoms. The van der Waals surface area contributed by atoms with Gasteiger partial charge in [-0.2, -0.15) is 0 Å². The molecule has 0 bridgehead atoms. The monoisotopic (exact) mass is 546 g/mol. The van der Waals surface area contributed by atoms with Crippen LogP contribution in [-0.4, -0.2) is 85.6 Å². The summed E-state index contributed by atoms with van der Waals surface area (Å²) in [5.41, 5.74) is 2.17. The molecule has 0 unspecified atom stereocenters. The van der Waals surface area contributed by atoms with Gasteiger partial charge in [0.15, 0.2) is 0 Å². The number of aliphatic imine (C=N–C) groups is 2. The van der Waals surface area contributed by atoms with Crippen molar-refractivity contribution in [2.75, 3.05) is 50.6 Å². The first kappa shape index (κ1) is 28.0. The molecule has 1 aromatic heterocycles. The molecule has 10 heteroatoms. The number of amidine groups is 1. The predicted molar refractivity (Wildman–Crippen MR) is 159 cm³/mol. The molecule has 2 saturated heterocycles. The van der Waals surface area contributed by atoms with Gasteiger partial charge in [0.1, 0.15) is 24.0 Å². The molecule has 2 N–H and O–H groups in total. The highest BCUT2D eigenvalue weighted by Crippen LogP contribution is 2.40. The number of nitrogens with zero attached hydrogens (tertiary/aromatic N) is 6. The standard InChI is InChI=1S/C30H42N8O2/c1-31-19-22-17-25(28(39)36(2)3)38(23-7-4-5-8-23)27(18-22)35-21-34-26-10-9-24(20-33-26)37-16-6-11-30(29(37)40)12-14-32-15-13-30/h9-10,17,19-20,23,32H,1,4-8,11-16,18,21H2,2-3H3,(H,33,34)/b22-19-,35-27+. The van der Waals surface area contributed by atoms with Crippen LogP contribution in [0.25, 0.3) is 0 Å². The topological polar surface area (TPSA) is 106 Å². The number of anilines is 2. The number of rotatable bonds is 7. The molecule has 4 heterocycles. The number of amides is 2. The van der Waals surface area contributed by atoms with Crippen molar-refractivity contribution in [1.82, 2.24) is 20.1 Å². The molecule has 1 saturated carbocycles. The van der Waals surface area contributed by atoms with Crippen LogP contribution in [0.5, 0.6) is 0 Å². The van der Waals surface area contributed by atoms with E-state index in [1.807, 2.05) is 23.1 Å². The maximum Gasteiger partial charge on any atom is 0.270 e. The molecule has 3 aliphatic heterocycles. The van der Waals surface area contributed by atoms with Crippen molar-refractivity contribution in [2.24, 2.45) is 15.4 Å². The molecule has 10 nitrogen and oxygen atoms in total. The number of carbonyl (C=O) groups excluding carboxylic acids is 2. The van der Waals surface area contributed by atoms with Gasteiger partial charge in [0, 0.05) is 39.3 Å². The lowest BCUT2D eigenvalue weighted by molar-refractivity contribution is -0.132. The van der Waals surface area contributed by atoms with E-state index in [2.05, 4.69) is 32.2 Å². The van der Waals surface area contributed by atoms with E-state index in [9.17, 15) is 9.59 Å². The summed E-state index contributed by atoms with van der Waals surface area (Å²) in [7, 11) is 3.55. The van der Waals surface area contributed by atoms with Crippen LogP contribution >= 0.6 is 0 Å². The maximum absolute atomic E-state index is 13.4.